The minimum absolute atomic E-state index is 0.0287. The second-order valence-corrected chi connectivity index (χ2v) is 10.9. The number of hydrogen-bond acceptors (Lipinski definition) is 6. The molecule has 2 aliphatic rings. The molecule has 0 spiro atoms. The average molecular weight is 507 g/mol. The van der Waals surface area contributed by atoms with E-state index in [1.54, 1.807) is 30.2 Å². The predicted molar refractivity (Wildman–Crippen MR) is 144 cm³/mol. The SMILES string of the molecule is COc1ccc(/C(O)=C2/C(=O)C(=O)N(CCCN3CCOCC3)C2c2ccc(C(C)(C)C)cc2)cc1C. The number of morpholine rings is 1. The number of carbonyl (C=O) groups excluding carboxylic acids is 2. The Kier molecular flexibility index (Phi) is 8.05. The van der Waals surface area contributed by atoms with Crippen LogP contribution >= 0.6 is 0 Å². The fraction of sp³-hybridized carbons (Fsp3) is 0.467. The van der Waals surface area contributed by atoms with Crippen LogP contribution in [0.4, 0.5) is 0 Å². The van der Waals surface area contributed by atoms with Crippen molar-refractivity contribution in [3.63, 3.8) is 0 Å². The van der Waals surface area contributed by atoms with Crippen LogP contribution in [0.15, 0.2) is 48.0 Å². The Hall–Kier alpha value is -3.16. The van der Waals surface area contributed by atoms with Gasteiger partial charge < -0.3 is 19.5 Å². The number of nitrogens with zero attached hydrogens (tertiary/aromatic N) is 2. The lowest BCUT2D eigenvalue weighted by Crippen LogP contribution is -2.39. The van der Waals surface area contributed by atoms with Gasteiger partial charge in [-0.2, -0.15) is 0 Å². The highest BCUT2D eigenvalue weighted by Crippen LogP contribution is 2.40. The molecular weight excluding hydrogens is 468 g/mol. The third-order valence-electron chi connectivity index (χ3n) is 7.28. The maximum atomic E-state index is 13.4. The van der Waals surface area contributed by atoms with Crippen LogP contribution in [0.2, 0.25) is 0 Å². The summed E-state index contributed by atoms with van der Waals surface area (Å²) in [5, 5.41) is 11.4. The Morgan fingerprint density at radius 2 is 1.73 bits per heavy atom. The number of methoxy groups -OCH3 is 1. The minimum atomic E-state index is -0.652. The summed E-state index contributed by atoms with van der Waals surface area (Å²) in [6, 6.07) is 12.6. The number of Topliss-reactive ketones (excluding diaryl/α,β-unsaturated/α-hetero) is 1. The minimum Gasteiger partial charge on any atom is -0.507 e. The van der Waals surface area contributed by atoms with Gasteiger partial charge in [0.1, 0.15) is 11.5 Å². The number of hydrogen-bond donors (Lipinski definition) is 1. The molecule has 2 aromatic rings. The van der Waals surface area contributed by atoms with Gasteiger partial charge in [-0.1, -0.05) is 45.0 Å². The predicted octanol–water partition coefficient (Wildman–Crippen LogP) is 4.45. The number of benzene rings is 2. The Balaban J connectivity index is 1.71. The van der Waals surface area contributed by atoms with E-state index in [1.807, 2.05) is 31.2 Å². The van der Waals surface area contributed by atoms with Crippen LogP contribution in [0.5, 0.6) is 5.75 Å². The number of ketones is 1. The van der Waals surface area contributed by atoms with E-state index in [-0.39, 0.29) is 16.7 Å². The molecule has 1 atom stereocenters. The molecular formula is C30H38N2O5. The van der Waals surface area contributed by atoms with E-state index in [9.17, 15) is 14.7 Å². The number of carbonyl (C=O) groups is 2. The molecule has 1 N–H and O–H groups in total. The molecule has 1 amide bonds. The van der Waals surface area contributed by atoms with Crippen molar-refractivity contribution in [2.24, 2.45) is 0 Å². The number of amides is 1. The molecule has 2 aromatic carbocycles. The summed E-state index contributed by atoms with van der Waals surface area (Å²) >= 11 is 0. The van der Waals surface area contributed by atoms with Gasteiger partial charge >= 0.3 is 0 Å². The van der Waals surface area contributed by atoms with Crippen molar-refractivity contribution in [1.82, 2.24) is 9.80 Å². The molecule has 2 heterocycles. The average Bonchev–Trinajstić information content (AvgIpc) is 3.13. The highest BCUT2D eigenvalue weighted by atomic mass is 16.5. The summed E-state index contributed by atoms with van der Waals surface area (Å²) in [5.41, 5.74) is 3.39. The Morgan fingerprint density at radius 1 is 1.05 bits per heavy atom. The van der Waals surface area contributed by atoms with Crippen LogP contribution in [-0.2, 0) is 19.7 Å². The van der Waals surface area contributed by atoms with E-state index in [0.29, 0.717) is 31.1 Å². The van der Waals surface area contributed by atoms with Crippen LogP contribution in [0.1, 0.15) is 55.5 Å². The molecule has 7 nitrogen and oxygen atoms in total. The van der Waals surface area contributed by atoms with Crippen LogP contribution in [-0.4, -0.2) is 73.1 Å². The van der Waals surface area contributed by atoms with Crippen molar-refractivity contribution >= 4 is 17.4 Å². The van der Waals surface area contributed by atoms with Crippen molar-refractivity contribution in [3.05, 3.63) is 70.3 Å². The quantitative estimate of drug-likeness (QED) is 0.340. The van der Waals surface area contributed by atoms with Crippen LogP contribution in [0.25, 0.3) is 5.76 Å². The number of ether oxygens (including phenoxy) is 2. The maximum absolute atomic E-state index is 13.4. The molecule has 0 aliphatic carbocycles. The van der Waals surface area contributed by atoms with Crippen LogP contribution in [0, 0.1) is 6.92 Å². The lowest BCUT2D eigenvalue weighted by atomic mass is 9.85. The number of aliphatic hydroxyl groups is 1. The highest BCUT2D eigenvalue weighted by Gasteiger charge is 2.46. The topological polar surface area (TPSA) is 79.3 Å². The van der Waals surface area contributed by atoms with Gasteiger partial charge in [-0.05, 0) is 53.6 Å². The fourth-order valence-corrected chi connectivity index (χ4v) is 5.09. The van der Waals surface area contributed by atoms with Crippen molar-refractivity contribution in [1.29, 1.82) is 0 Å². The third kappa shape index (κ3) is 5.73. The first-order chi connectivity index (χ1) is 17.6. The fourth-order valence-electron chi connectivity index (χ4n) is 5.09. The summed E-state index contributed by atoms with van der Waals surface area (Å²) in [7, 11) is 1.59. The molecule has 198 valence electrons. The standard InChI is InChI=1S/C30H38N2O5/c1-20-19-22(9-12-24(20)36-5)27(33)25-26(21-7-10-23(11-8-21)30(2,3)4)32(29(35)28(25)34)14-6-13-31-15-17-37-18-16-31/h7-12,19,26,33H,6,13-18H2,1-5H3/b27-25-. The summed E-state index contributed by atoms with van der Waals surface area (Å²) < 4.78 is 10.8. The first-order valence-electron chi connectivity index (χ1n) is 13.0. The van der Waals surface area contributed by atoms with E-state index in [1.165, 1.54) is 0 Å². The van der Waals surface area contributed by atoms with Crippen molar-refractivity contribution < 1.29 is 24.2 Å². The second kappa shape index (κ2) is 11.1. The smallest absolute Gasteiger partial charge is 0.295 e. The first-order valence-corrected chi connectivity index (χ1v) is 13.0. The van der Waals surface area contributed by atoms with Crippen molar-refractivity contribution in [2.45, 2.75) is 45.6 Å². The molecule has 0 bridgehead atoms. The molecule has 37 heavy (non-hydrogen) atoms. The Bertz CT molecular complexity index is 1170. The summed E-state index contributed by atoms with van der Waals surface area (Å²) in [6.45, 7) is 12.7. The summed E-state index contributed by atoms with van der Waals surface area (Å²) in [4.78, 5) is 30.6. The number of rotatable bonds is 7. The normalized spacial score (nSPS) is 20.5. The van der Waals surface area contributed by atoms with Gasteiger partial charge in [-0.25, -0.2) is 0 Å². The molecule has 1 unspecified atom stereocenters. The van der Waals surface area contributed by atoms with Crippen molar-refractivity contribution in [3.8, 4) is 5.75 Å². The monoisotopic (exact) mass is 506 g/mol. The molecule has 4 rings (SSSR count). The van der Waals surface area contributed by atoms with Crippen molar-refractivity contribution in [2.75, 3.05) is 46.5 Å². The van der Waals surface area contributed by atoms with Gasteiger partial charge in [0.05, 0.1) is 31.9 Å². The zero-order chi connectivity index (χ0) is 26.7. The molecule has 0 radical (unpaired) electrons. The van der Waals surface area contributed by atoms with E-state index >= 15 is 0 Å². The summed E-state index contributed by atoms with van der Waals surface area (Å²) in [6.07, 6.45) is 0.727. The van der Waals surface area contributed by atoms with Crippen LogP contribution in [0.3, 0.4) is 0 Å². The van der Waals surface area contributed by atoms with Gasteiger partial charge in [0, 0.05) is 31.7 Å². The van der Waals surface area contributed by atoms with Gasteiger partial charge in [-0.3, -0.25) is 14.5 Å². The lowest BCUT2D eigenvalue weighted by molar-refractivity contribution is -0.140. The van der Waals surface area contributed by atoms with Gasteiger partial charge in [-0.15, -0.1) is 0 Å². The first kappa shape index (κ1) is 26.9. The van der Waals surface area contributed by atoms with Gasteiger partial charge in [0.25, 0.3) is 11.7 Å². The highest BCUT2D eigenvalue weighted by molar-refractivity contribution is 6.46. The summed E-state index contributed by atoms with van der Waals surface area (Å²) in [5.74, 6) is -0.694. The van der Waals surface area contributed by atoms with E-state index in [0.717, 1.165) is 42.7 Å². The molecule has 0 saturated carbocycles. The second-order valence-electron chi connectivity index (χ2n) is 10.9. The maximum Gasteiger partial charge on any atom is 0.295 e. The number of likely N-dealkylation sites (tertiary alicyclic amines) is 1. The lowest BCUT2D eigenvalue weighted by Gasteiger charge is -2.29. The van der Waals surface area contributed by atoms with E-state index in [4.69, 9.17) is 9.47 Å². The Labute approximate surface area is 219 Å². The van der Waals surface area contributed by atoms with Gasteiger partial charge in [0.2, 0.25) is 0 Å². The molecule has 7 heteroatoms. The van der Waals surface area contributed by atoms with Crippen LogP contribution < -0.4 is 4.74 Å². The third-order valence-corrected chi connectivity index (χ3v) is 7.28. The molecule has 2 saturated heterocycles. The Morgan fingerprint density at radius 3 is 2.32 bits per heavy atom. The molecule has 0 aromatic heterocycles. The zero-order valence-corrected chi connectivity index (χ0v) is 22.5. The number of aryl methyl sites for hydroxylation is 1. The van der Waals surface area contributed by atoms with Gasteiger partial charge in [0.15, 0.2) is 0 Å². The zero-order valence-electron chi connectivity index (χ0n) is 22.5. The molecule has 2 aliphatic heterocycles. The van der Waals surface area contributed by atoms with E-state index < -0.39 is 17.7 Å². The number of aliphatic hydroxyl groups excluding tert-OH is 1. The molecule has 2 fully saturated rings. The van der Waals surface area contributed by atoms with E-state index in [2.05, 4.69) is 25.7 Å². The largest absolute Gasteiger partial charge is 0.507 e.